The van der Waals surface area contributed by atoms with Crippen molar-refractivity contribution in [1.29, 1.82) is 0 Å². The Bertz CT molecular complexity index is 244. The van der Waals surface area contributed by atoms with Gasteiger partial charge in [-0.1, -0.05) is 0 Å². The Morgan fingerprint density at radius 3 is 2.81 bits per heavy atom. The molecule has 0 radical (unpaired) electrons. The summed E-state index contributed by atoms with van der Waals surface area (Å²) in [4.78, 5) is 13.8. The van der Waals surface area contributed by atoms with E-state index in [0.29, 0.717) is 13.0 Å². The third kappa shape index (κ3) is 2.55. The number of hydrogen-bond acceptors (Lipinski definition) is 3. The van der Waals surface area contributed by atoms with Crippen molar-refractivity contribution in [2.75, 3.05) is 26.2 Å². The lowest BCUT2D eigenvalue weighted by atomic mass is 9.85. The smallest absolute Gasteiger partial charge is 0.223 e. The molecule has 0 bridgehead atoms. The summed E-state index contributed by atoms with van der Waals surface area (Å²) in [5, 5.41) is 0. The number of nitrogens with two attached hydrogens (primary N) is 1. The Labute approximate surface area is 97.1 Å². The second kappa shape index (κ2) is 5.15. The van der Waals surface area contributed by atoms with Crippen molar-refractivity contribution in [1.82, 2.24) is 4.90 Å². The zero-order valence-electron chi connectivity index (χ0n) is 9.91. The summed E-state index contributed by atoms with van der Waals surface area (Å²) in [5.74, 6) is 0.191. The van der Waals surface area contributed by atoms with Crippen LogP contribution in [0.15, 0.2) is 0 Å². The summed E-state index contributed by atoms with van der Waals surface area (Å²) in [7, 11) is 0. The number of piperidine rings is 1. The molecule has 92 valence electrons. The van der Waals surface area contributed by atoms with Gasteiger partial charge in [-0.15, -0.1) is 0 Å². The van der Waals surface area contributed by atoms with Gasteiger partial charge in [0, 0.05) is 32.7 Å². The zero-order chi connectivity index (χ0) is 11.4. The Morgan fingerprint density at radius 1 is 1.31 bits per heavy atom. The second-order valence-electron chi connectivity index (χ2n) is 4.95. The molecule has 0 aromatic carbocycles. The van der Waals surface area contributed by atoms with Crippen molar-refractivity contribution in [3.8, 4) is 0 Å². The van der Waals surface area contributed by atoms with Crippen LogP contribution in [-0.2, 0) is 9.53 Å². The molecule has 1 amide bonds. The molecule has 2 N–H and O–H groups in total. The third-order valence-corrected chi connectivity index (χ3v) is 3.69. The van der Waals surface area contributed by atoms with Gasteiger partial charge >= 0.3 is 0 Å². The van der Waals surface area contributed by atoms with Gasteiger partial charge in [-0.25, -0.2) is 0 Å². The normalized spacial score (nSPS) is 30.7. The molecule has 2 fully saturated rings. The number of rotatable bonds is 2. The highest BCUT2D eigenvalue weighted by molar-refractivity contribution is 5.76. The van der Waals surface area contributed by atoms with E-state index in [1.54, 1.807) is 0 Å². The van der Waals surface area contributed by atoms with E-state index in [9.17, 15) is 4.79 Å². The zero-order valence-corrected chi connectivity index (χ0v) is 9.91. The largest absolute Gasteiger partial charge is 0.373 e. The summed E-state index contributed by atoms with van der Waals surface area (Å²) in [5.41, 5.74) is 5.40. The quantitative estimate of drug-likeness (QED) is 0.761. The van der Waals surface area contributed by atoms with E-state index in [-0.39, 0.29) is 11.5 Å². The van der Waals surface area contributed by atoms with Crippen LogP contribution in [0.1, 0.15) is 38.5 Å². The number of nitrogens with zero attached hydrogens (tertiary/aromatic N) is 1. The first-order valence-electron chi connectivity index (χ1n) is 6.38. The Morgan fingerprint density at radius 2 is 2.12 bits per heavy atom. The maximum Gasteiger partial charge on any atom is 0.223 e. The predicted molar refractivity (Wildman–Crippen MR) is 62.0 cm³/mol. The van der Waals surface area contributed by atoms with Gasteiger partial charge in [0.2, 0.25) is 5.91 Å². The average Bonchev–Trinajstić information content (AvgIpc) is 2.30. The lowest BCUT2D eigenvalue weighted by Crippen LogP contribution is -2.53. The van der Waals surface area contributed by atoms with Gasteiger partial charge in [0.1, 0.15) is 0 Å². The molecular weight excluding hydrogens is 204 g/mol. The summed E-state index contributed by atoms with van der Waals surface area (Å²) >= 11 is 0. The van der Waals surface area contributed by atoms with Crippen LogP contribution in [0, 0.1) is 0 Å². The van der Waals surface area contributed by atoms with Gasteiger partial charge in [0.15, 0.2) is 0 Å². The maximum atomic E-state index is 11.8. The van der Waals surface area contributed by atoms with Gasteiger partial charge < -0.3 is 15.4 Å². The van der Waals surface area contributed by atoms with Crippen molar-refractivity contribution >= 4 is 5.91 Å². The lowest BCUT2D eigenvalue weighted by Gasteiger charge is -2.44. The van der Waals surface area contributed by atoms with Crippen LogP contribution >= 0.6 is 0 Å². The fraction of sp³-hybridized carbons (Fsp3) is 0.917. The third-order valence-electron chi connectivity index (χ3n) is 3.69. The molecule has 2 saturated heterocycles. The number of amides is 1. The first-order valence-corrected chi connectivity index (χ1v) is 6.38. The highest BCUT2D eigenvalue weighted by atomic mass is 16.5. The summed E-state index contributed by atoms with van der Waals surface area (Å²) in [6.45, 7) is 2.97. The molecule has 2 heterocycles. The molecule has 1 unspecified atom stereocenters. The second-order valence-corrected chi connectivity index (χ2v) is 4.95. The molecule has 1 spiro atoms. The number of hydrogen-bond donors (Lipinski definition) is 1. The van der Waals surface area contributed by atoms with E-state index in [1.165, 1.54) is 12.8 Å². The molecule has 1 atom stereocenters. The van der Waals surface area contributed by atoms with E-state index in [4.69, 9.17) is 10.5 Å². The van der Waals surface area contributed by atoms with Crippen molar-refractivity contribution in [2.45, 2.75) is 44.1 Å². The minimum Gasteiger partial charge on any atom is -0.373 e. The van der Waals surface area contributed by atoms with Crippen LogP contribution < -0.4 is 5.73 Å². The lowest BCUT2D eigenvalue weighted by molar-refractivity contribution is -0.148. The van der Waals surface area contributed by atoms with Crippen molar-refractivity contribution in [3.63, 3.8) is 0 Å². The molecule has 0 aliphatic carbocycles. The number of carbonyl (C=O) groups is 1. The monoisotopic (exact) mass is 226 g/mol. The molecule has 4 heteroatoms. The molecule has 2 aliphatic heterocycles. The van der Waals surface area contributed by atoms with Crippen LogP contribution in [0.25, 0.3) is 0 Å². The van der Waals surface area contributed by atoms with Crippen molar-refractivity contribution in [2.24, 2.45) is 5.73 Å². The Balaban J connectivity index is 1.94. The topological polar surface area (TPSA) is 55.6 Å². The van der Waals surface area contributed by atoms with Gasteiger partial charge in [-0.3, -0.25) is 4.79 Å². The Hall–Kier alpha value is -0.610. The van der Waals surface area contributed by atoms with Gasteiger partial charge in [-0.05, 0) is 32.1 Å². The van der Waals surface area contributed by atoms with E-state index in [2.05, 4.69) is 0 Å². The fourth-order valence-corrected chi connectivity index (χ4v) is 2.82. The average molecular weight is 226 g/mol. The first-order chi connectivity index (χ1) is 7.76. The number of ether oxygens (including phenoxy) is 1. The van der Waals surface area contributed by atoms with Crippen molar-refractivity contribution in [3.05, 3.63) is 0 Å². The molecule has 2 aliphatic rings. The molecule has 16 heavy (non-hydrogen) atoms. The molecule has 0 aromatic heterocycles. The van der Waals surface area contributed by atoms with E-state index in [0.717, 1.165) is 39.0 Å². The predicted octanol–water partition coefficient (Wildman–Crippen LogP) is 0.897. The highest BCUT2D eigenvalue weighted by Crippen LogP contribution is 2.33. The van der Waals surface area contributed by atoms with Crippen LogP contribution in [0.5, 0.6) is 0 Å². The van der Waals surface area contributed by atoms with Crippen LogP contribution in [-0.4, -0.2) is 42.6 Å². The first kappa shape index (κ1) is 11.9. The number of likely N-dealkylation sites (tertiary alicyclic amines) is 1. The fourth-order valence-electron chi connectivity index (χ4n) is 2.82. The van der Waals surface area contributed by atoms with Crippen molar-refractivity contribution < 1.29 is 9.53 Å². The van der Waals surface area contributed by atoms with Gasteiger partial charge in [0.05, 0.1) is 5.60 Å². The summed E-state index contributed by atoms with van der Waals surface area (Å²) in [6.07, 6.45) is 6.16. The minimum absolute atomic E-state index is 0.0270. The van der Waals surface area contributed by atoms with Crippen LogP contribution in [0.2, 0.25) is 0 Å². The molecule has 2 rings (SSSR count). The highest BCUT2D eigenvalue weighted by Gasteiger charge is 2.38. The SMILES string of the molecule is NCCC(=O)N1CCCC2(CCCCO2)C1. The van der Waals surface area contributed by atoms with Gasteiger partial charge in [-0.2, -0.15) is 0 Å². The molecule has 0 saturated carbocycles. The van der Waals surface area contributed by atoms with Crippen LogP contribution in [0.3, 0.4) is 0 Å². The van der Waals surface area contributed by atoms with Crippen LogP contribution in [0.4, 0.5) is 0 Å². The number of carbonyl (C=O) groups excluding carboxylic acids is 1. The van der Waals surface area contributed by atoms with Gasteiger partial charge in [0.25, 0.3) is 0 Å². The molecule has 4 nitrogen and oxygen atoms in total. The van der Waals surface area contributed by atoms with E-state index in [1.807, 2.05) is 4.90 Å². The minimum atomic E-state index is -0.0270. The Kier molecular flexibility index (Phi) is 3.82. The molecular formula is C12H22N2O2. The maximum absolute atomic E-state index is 11.8. The van der Waals surface area contributed by atoms with E-state index >= 15 is 0 Å². The van der Waals surface area contributed by atoms with E-state index < -0.39 is 0 Å². The standard InChI is InChI=1S/C12H22N2O2/c13-7-4-11(15)14-8-3-6-12(10-14)5-1-2-9-16-12/h1-10,13H2. The molecule has 0 aromatic rings. The summed E-state index contributed by atoms with van der Waals surface area (Å²) < 4.78 is 5.94. The summed E-state index contributed by atoms with van der Waals surface area (Å²) in [6, 6.07) is 0.